The lowest BCUT2D eigenvalue weighted by atomic mass is 10.1. The lowest BCUT2D eigenvalue weighted by molar-refractivity contribution is -0.121. The van der Waals surface area contributed by atoms with Gasteiger partial charge in [0.2, 0.25) is 5.91 Å². The minimum Gasteiger partial charge on any atom is -0.379 e. The van der Waals surface area contributed by atoms with E-state index in [0.29, 0.717) is 24.7 Å². The number of aryl methyl sites for hydroxylation is 1. The molecule has 1 aromatic rings. The SMILES string of the molecule is CCCCCCCCCCCCCCOCC(CNC(=O)CNS(=O)c1ccc(C)cc1)OCCCCCCCCCCCCCC. The maximum Gasteiger partial charge on any atom is 0.235 e. The van der Waals surface area contributed by atoms with Crippen molar-refractivity contribution in [2.24, 2.45) is 0 Å². The first-order chi connectivity index (χ1) is 23.1. The smallest absolute Gasteiger partial charge is 0.235 e. The van der Waals surface area contributed by atoms with Crippen LogP contribution in [0.3, 0.4) is 0 Å². The Labute approximate surface area is 293 Å². The molecule has 6 nitrogen and oxygen atoms in total. The number of unbranched alkanes of at least 4 members (excludes halogenated alkanes) is 22. The van der Waals surface area contributed by atoms with Gasteiger partial charge in [-0.2, -0.15) is 0 Å². The highest BCUT2D eigenvalue weighted by Gasteiger charge is 2.13. The zero-order valence-electron chi connectivity index (χ0n) is 30.9. The van der Waals surface area contributed by atoms with Crippen LogP contribution in [0, 0.1) is 6.92 Å². The van der Waals surface area contributed by atoms with Gasteiger partial charge in [0.1, 0.15) is 11.0 Å². The number of hydrogen-bond acceptors (Lipinski definition) is 4. The summed E-state index contributed by atoms with van der Waals surface area (Å²) in [5.41, 5.74) is 1.11. The molecule has 2 atom stereocenters. The van der Waals surface area contributed by atoms with Crippen molar-refractivity contribution in [3.05, 3.63) is 29.8 Å². The summed E-state index contributed by atoms with van der Waals surface area (Å²) in [7, 11) is -1.42. The Morgan fingerprint density at radius 2 is 1.06 bits per heavy atom. The van der Waals surface area contributed by atoms with E-state index in [4.69, 9.17) is 9.47 Å². The van der Waals surface area contributed by atoms with Crippen molar-refractivity contribution in [1.29, 1.82) is 0 Å². The molecule has 0 aliphatic heterocycles. The first-order valence-electron chi connectivity index (χ1n) is 19.7. The van der Waals surface area contributed by atoms with Gasteiger partial charge in [0, 0.05) is 19.8 Å². The number of ether oxygens (including phenoxy) is 2. The van der Waals surface area contributed by atoms with Crippen molar-refractivity contribution in [3.63, 3.8) is 0 Å². The van der Waals surface area contributed by atoms with Crippen LogP contribution in [0.4, 0.5) is 0 Å². The summed E-state index contributed by atoms with van der Waals surface area (Å²) in [4.78, 5) is 13.2. The molecule has 7 heteroatoms. The second-order valence-electron chi connectivity index (χ2n) is 13.6. The van der Waals surface area contributed by atoms with Crippen LogP contribution in [0.25, 0.3) is 0 Å². The van der Waals surface area contributed by atoms with Gasteiger partial charge in [-0.25, -0.2) is 8.93 Å². The van der Waals surface area contributed by atoms with Gasteiger partial charge in [0.05, 0.1) is 24.2 Å². The molecular weight excluding hydrogens is 605 g/mol. The molecule has 0 saturated carbocycles. The summed E-state index contributed by atoms with van der Waals surface area (Å²) >= 11 is 0. The van der Waals surface area contributed by atoms with Gasteiger partial charge in [0.25, 0.3) is 0 Å². The predicted octanol–water partition coefficient (Wildman–Crippen LogP) is 10.5. The molecule has 2 unspecified atom stereocenters. The lowest BCUT2D eigenvalue weighted by Gasteiger charge is -2.19. The van der Waals surface area contributed by atoms with Crippen LogP contribution >= 0.6 is 0 Å². The van der Waals surface area contributed by atoms with Gasteiger partial charge in [-0.05, 0) is 31.9 Å². The minimum atomic E-state index is -1.42. The molecule has 1 amide bonds. The fraction of sp³-hybridized carbons (Fsp3) is 0.825. The topological polar surface area (TPSA) is 76.7 Å². The van der Waals surface area contributed by atoms with Gasteiger partial charge < -0.3 is 14.8 Å². The molecule has 47 heavy (non-hydrogen) atoms. The maximum absolute atomic E-state index is 12.5. The van der Waals surface area contributed by atoms with Crippen molar-refractivity contribution in [2.75, 3.05) is 32.9 Å². The number of amides is 1. The highest BCUT2D eigenvalue weighted by molar-refractivity contribution is 7.83. The third kappa shape index (κ3) is 28.3. The molecule has 0 bridgehead atoms. The van der Waals surface area contributed by atoms with Crippen molar-refractivity contribution in [2.45, 2.75) is 186 Å². The fourth-order valence-electron chi connectivity index (χ4n) is 5.79. The normalized spacial score (nSPS) is 12.7. The second-order valence-corrected chi connectivity index (χ2v) is 14.9. The van der Waals surface area contributed by atoms with Gasteiger partial charge in [-0.1, -0.05) is 173 Å². The van der Waals surface area contributed by atoms with E-state index < -0.39 is 11.0 Å². The molecule has 1 aromatic carbocycles. The van der Waals surface area contributed by atoms with Crippen LogP contribution in [-0.4, -0.2) is 49.1 Å². The van der Waals surface area contributed by atoms with Crippen LogP contribution in [-0.2, 0) is 25.3 Å². The summed E-state index contributed by atoms with van der Waals surface area (Å²) < 4.78 is 27.5. The van der Waals surface area contributed by atoms with E-state index in [2.05, 4.69) is 23.9 Å². The molecule has 0 spiro atoms. The first kappa shape index (κ1) is 43.7. The molecule has 0 aliphatic carbocycles. The fourth-order valence-corrected chi connectivity index (χ4v) is 6.60. The Bertz CT molecular complexity index is 851. The summed E-state index contributed by atoms with van der Waals surface area (Å²) in [6, 6.07) is 7.49. The van der Waals surface area contributed by atoms with Crippen LogP contribution in [0.1, 0.15) is 174 Å². The maximum atomic E-state index is 12.5. The van der Waals surface area contributed by atoms with Crippen molar-refractivity contribution in [3.8, 4) is 0 Å². The largest absolute Gasteiger partial charge is 0.379 e. The number of rotatable bonds is 35. The highest BCUT2D eigenvalue weighted by atomic mass is 32.2. The van der Waals surface area contributed by atoms with Crippen LogP contribution in [0.5, 0.6) is 0 Å². The van der Waals surface area contributed by atoms with E-state index in [-0.39, 0.29) is 18.6 Å². The van der Waals surface area contributed by atoms with Crippen LogP contribution in [0.15, 0.2) is 29.2 Å². The standard InChI is InChI=1S/C40H74N2O4S/c1-4-6-8-10-12-14-16-18-20-22-24-26-32-45-36-38(46-33-27-25-23-21-19-17-15-13-11-9-7-5-2)34-41-40(43)35-42-47(44)39-30-28-37(3)29-31-39/h28-31,38,42H,4-27,32-36H2,1-3H3,(H,41,43). The van der Waals surface area contributed by atoms with Gasteiger partial charge in [-0.3, -0.25) is 4.79 Å². The van der Waals surface area contributed by atoms with Gasteiger partial charge in [0.15, 0.2) is 0 Å². The van der Waals surface area contributed by atoms with E-state index in [1.165, 1.54) is 141 Å². The minimum absolute atomic E-state index is 0.00827. The van der Waals surface area contributed by atoms with Gasteiger partial charge >= 0.3 is 0 Å². The molecule has 2 N–H and O–H groups in total. The summed E-state index contributed by atoms with van der Waals surface area (Å²) in [5, 5.41) is 2.95. The van der Waals surface area contributed by atoms with E-state index in [1.54, 1.807) is 0 Å². The van der Waals surface area contributed by atoms with Crippen molar-refractivity contribution < 1.29 is 18.5 Å². The molecule has 274 valence electrons. The van der Waals surface area contributed by atoms with E-state index in [1.807, 2.05) is 31.2 Å². The number of nitrogens with one attached hydrogen (secondary N) is 2. The third-order valence-electron chi connectivity index (χ3n) is 8.92. The van der Waals surface area contributed by atoms with E-state index in [0.717, 1.165) is 25.0 Å². The molecular formula is C40H74N2O4S. The lowest BCUT2D eigenvalue weighted by Crippen LogP contribution is -2.41. The number of carbonyl (C=O) groups is 1. The van der Waals surface area contributed by atoms with Crippen LogP contribution < -0.4 is 10.0 Å². The van der Waals surface area contributed by atoms with Crippen molar-refractivity contribution >= 4 is 16.9 Å². The Morgan fingerprint density at radius 1 is 0.638 bits per heavy atom. The molecule has 0 aromatic heterocycles. The second kappa shape index (κ2) is 33.2. The molecule has 1 rings (SSSR count). The molecule has 0 aliphatic rings. The summed E-state index contributed by atoms with van der Waals surface area (Å²) in [6.45, 7) is 8.84. The van der Waals surface area contributed by atoms with E-state index >= 15 is 0 Å². The zero-order valence-corrected chi connectivity index (χ0v) is 31.8. The molecule has 0 saturated heterocycles. The average Bonchev–Trinajstić information content (AvgIpc) is 3.08. The Balaban J connectivity index is 2.23. The summed E-state index contributed by atoms with van der Waals surface area (Å²) in [5.74, 6) is -0.189. The van der Waals surface area contributed by atoms with Crippen molar-refractivity contribution in [1.82, 2.24) is 10.0 Å². The Kier molecular flexibility index (Phi) is 30.9. The third-order valence-corrected chi connectivity index (χ3v) is 10.0. The quantitative estimate of drug-likeness (QED) is 0.0701. The summed E-state index contributed by atoms with van der Waals surface area (Å²) in [6.07, 6.45) is 31.6. The zero-order chi connectivity index (χ0) is 34.0. The average molecular weight is 679 g/mol. The Hall–Kier alpha value is -1.28. The van der Waals surface area contributed by atoms with Crippen LogP contribution in [0.2, 0.25) is 0 Å². The number of benzene rings is 1. The van der Waals surface area contributed by atoms with Gasteiger partial charge in [-0.15, -0.1) is 0 Å². The Morgan fingerprint density at radius 3 is 1.53 bits per heavy atom. The number of carbonyl (C=O) groups excluding carboxylic acids is 1. The van der Waals surface area contributed by atoms with E-state index in [9.17, 15) is 9.00 Å². The number of hydrogen-bond donors (Lipinski definition) is 2. The molecule has 0 heterocycles. The highest BCUT2D eigenvalue weighted by Crippen LogP contribution is 2.14. The monoisotopic (exact) mass is 679 g/mol. The predicted molar refractivity (Wildman–Crippen MR) is 201 cm³/mol. The molecule has 0 fully saturated rings. The molecule has 0 radical (unpaired) electrons. The first-order valence-corrected chi connectivity index (χ1v) is 20.9.